The molecule has 2 aromatic carbocycles. The number of nitrogens with zero attached hydrogens (tertiary/aromatic N) is 2. The molecule has 2 fully saturated rings. The van der Waals surface area contributed by atoms with E-state index >= 15 is 0 Å². The number of rotatable bonds is 5. The van der Waals surface area contributed by atoms with Crippen LogP contribution in [0.2, 0.25) is 0 Å². The summed E-state index contributed by atoms with van der Waals surface area (Å²) < 4.78 is 29.3. The molecule has 1 aromatic heterocycles. The summed E-state index contributed by atoms with van der Waals surface area (Å²) in [7, 11) is 0. The summed E-state index contributed by atoms with van der Waals surface area (Å²) >= 11 is 0. The van der Waals surface area contributed by atoms with Crippen molar-refractivity contribution in [2.75, 3.05) is 6.54 Å². The first-order valence-corrected chi connectivity index (χ1v) is 9.88. The summed E-state index contributed by atoms with van der Waals surface area (Å²) in [5.74, 6) is -1.51. The van der Waals surface area contributed by atoms with Crippen molar-refractivity contribution < 1.29 is 18.7 Å². The fourth-order valence-corrected chi connectivity index (χ4v) is 4.49. The summed E-state index contributed by atoms with van der Waals surface area (Å²) in [4.78, 5) is 14.5. The Morgan fingerprint density at radius 1 is 1.07 bits per heavy atom. The fourth-order valence-electron chi connectivity index (χ4n) is 4.49. The van der Waals surface area contributed by atoms with Crippen LogP contribution in [0.1, 0.15) is 19.3 Å². The van der Waals surface area contributed by atoms with Gasteiger partial charge in [0.2, 0.25) is 5.91 Å². The van der Waals surface area contributed by atoms with E-state index in [9.17, 15) is 18.7 Å². The van der Waals surface area contributed by atoms with Gasteiger partial charge in [0.15, 0.2) is 0 Å². The van der Waals surface area contributed by atoms with Gasteiger partial charge in [0.1, 0.15) is 17.7 Å². The second-order valence-corrected chi connectivity index (χ2v) is 8.01. The molecule has 1 aliphatic heterocycles. The Bertz CT molecular complexity index is 1090. The van der Waals surface area contributed by atoms with Crippen LogP contribution in [0.4, 0.5) is 8.78 Å². The molecule has 3 aromatic rings. The Labute approximate surface area is 166 Å². The molecular formula is C22H21F2N3O2. The number of hydrogen-bond donors (Lipinski definition) is 2. The Morgan fingerprint density at radius 2 is 1.66 bits per heavy atom. The molecule has 0 radical (unpaired) electrons. The number of aliphatic hydroxyl groups excluding tert-OH is 1. The van der Waals surface area contributed by atoms with Gasteiger partial charge in [0.05, 0.1) is 18.2 Å². The van der Waals surface area contributed by atoms with Crippen molar-refractivity contribution in [1.29, 1.82) is 5.41 Å². The summed E-state index contributed by atoms with van der Waals surface area (Å²) in [5, 5.41) is 20.3. The lowest BCUT2D eigenvalue weighted by molar-refractivity contribution is -0.129. The van der Waals surface area contributed by atoms with E-state index in [0.29, 0.717) is 40.8 Å². The first-order valence-electron chi connectivity index (χ1n) is 9.88. The molecule has 2 atom stereocenters. The molecule has 5 nitrogen and oxygen atoms in total. The minimum atomic E-state index is -1.16. The van der Waals surface area contributed by atoms with Gasteiger partial charge in [-0.25, -0.2) is 8.78 Å². The van der Waals surface area contributed by atoms with Crippen molar-refractivity contribution in [1.82, 2.24) is 9.47 Å². The zero-order valence-electron chi connectivity index (χ0n) is 15.7. The Hall–Kier alpha value is -2.80. The third-order valence-electron chi connectivity index (χ3n) is 6.11. The summed E-state index contributed by atoms with van der Waals surface area (Å²) in [6.45, 7) is 0.681. The number of carbonyl (C=O) groups is 1. The predicted octanol–water partition coefficient (Wildman–Crippen LogP) is 3.46. The molecule has 1 saturated heterocycles. The lowest BCUT2D eigenvalue weighted by atomic mass is 9.97. The van der Waals surface area contributed by atoms with Crippen LogP contribution < -0.4 is 0 Å². The zero-order valence-corrected chi connectivity index (χ0v) is 15.7. The number of aliphatic hydroxyl groups is 1. The number of amides is 1. The number of nitrogens with one attached hydrogen (secondary N) is 1. The molecular weight excluding hydrogens is 376 g/mol. The molecule has 1 aliphatic carbocycles. The summed E-state index contributed by atoms with van der Waals surface area (Å²) in [5.41, 5.74) is 1.31. The maximum atomic E-state index is 13.8. The number of halogens is 2. The van der Waals surface area contributed by atoms with E-state index in [1.807, 2.05) is 4.90 Å². The number of benzene rings is 2. The summed E-state index contributed by atoms with van der Waals surface area (Å²) in [6.07, 6.45) is 1.43. The van der Waals surface area contributed by atoms with E-state index in [1.165, 1.54) is 24.3 Å². The van der Waals surface area contributed by atoms with Crippen LogP contribution in [-0.4, -0.2) is 44.9 Å². The monoisotopic (exact) mass is 397 g/mol. The molecule has 2 aliphatic rings. The van der Waals surface area contributed by atoms with E-state index in [1.54, 1.807) is 16.7 Å². The third-order valence-corrected chi connectivity index (χ3v) is 6.11. The zero-order chi connectivity index (χ0) is 20.3. The first-order chi connectivity index (χ1) is 13.9. The van der Waals surface area contributed by atoms with Crippen molar-refractivity contribution in [3.63, 3.8) is 0 Å². The summed E-state index contributed by atoms with van der Waals surface area (Å²) in [6, 6.07) is 8.82. The van der Waals surface area contributed by atoms with Crippen LogP contribution in [-0.2, 0) is 11.3 Å². The predicted molar refractivity (Wildman–Crippen MR) is 106 cm³/mol. The second-order valence-electron chi connectivity index (χ2n) is 8.01. The molecule has 29 heavy (non-hydrogen) atoms. The number of aromatic nitrogens is 1. The van der Waals surface area contributed by atoms with E-state index in [2.05, 4.69) is 0 Å². The molecule has 1 saturated carbocycles. The standard InChI is InChI=1S/C22H21F2N3O2/c23-12-1-5-18-16(9-12)17-10-13(24)2-6-19(17)27(18)11-20(28)21(25)15-7-8-26(22(15)29)14-3-4-14/h1-2,5-6,9-10,14-15,20,25,28H,3-4,7-8,11H2. The molecule has 2 heterocycles. The van der Waals surface area contributed by atoms with Crippen LogP contribution >= 0.6 is 0 Å². The highest BCUT2D eigenvalue weighted by Gasteiger charge is 2.43. The third kappa shape index (κ3) is 3.00. The van der Waals surface area contributed by atoms with Gasteiger partial charge in [-0.1, -0.05) is 0 Å². The van der Waals surface area contributed by atoms with Gasteiger partial charge in [0.25, 0.3) is 0 Å². The van der Waals surface area contributed by atoms with Crippen LogP contribution in [0.3, 0.4) is 0 Å². The van der Waals surface area contributed by atoms with E-state index in [4.69, 9.17) is 5.41 Å². The highest BCUT2D eigenvalue weighted by molar-refractivity contribution is 6.09. The lowest BCUT2D eigenvalue weighted by Gasteiger charge is -2.20. The Morgan fingerprint density at radius 3 is 2.21 bits per heavy atom. The molecule has 7 heteroatoms. The van der Waals surface area contributed by atoms with E-state index in [0.717, 1.165) is 12.8 Å². The quantitative estimate of drug-likeness (QED) is 0.648. The molecule has 0 bridgehead atoms. The van der Waals surface area contributed by atoms with Crippen LogP contribution in [0, 0.1) is 23.0 Å². The van der Waals surface area contributed by atoms with E-state index < -0.39 is 23.7 Å². The van der Waals surface area contributed by atoms with Gasteiger partial charge in [-0.15, -0.1) is 0 Å². The number of carbonyl (C=O) groups excluding carboxylic acids is 1. The van der Waals surface area contributed by atoms with Crippen molar-refractivity contribution in [2.24, 2.45) is 5.92 Å². The molecule has 2 N–H and O–H groups in total. The maximum absolute atomic E-state index is 13.8. The van der Waals surface area contributed by atoms with Gasteiger partial charge >= 0.3 is 0 Å². The van der Waals surface area contributed by atoms with Crippen molar-refractivity contribution >= 4 is 33.4 Å². The molecule has 0 spiro atoms. The lowest BCUT2D eigenvalue weighted by Crippen LogP contribution is -2.37. The van der Waals surface area contributed by atoms with Crippen molar-refractivity contribution in [2.45, 2.75) is 38.0 Å². The second kappa shape index (κ2) is 6.62. The normalized spacial score (nSPS) is 20.7. The number of likely N-dealkylation sites (tertiary alicyclic amines) is 1. The highest BCUT2D eigenvalue weighted by Crippen LogP contribution is 2.34. The van der Waals surface area contributed by atoms with Gasteiger partial charge in [-0.05, 0) is 55.7 Å². The highest BCUT2D eigenvalue weighted by atomic mass is 19.1. The molecule has 150 valence electrons. The minimum Gasteiger partial charge on any atom is -0.385 e. The molecule has 5 rings (SSSR count). The van der Waals surface area contributed by atoms with Gasteiger partial charge in [-0.3, -0.25) is 4.79 Å². The van der Waals surface area contributed by atoms with Gasteiger partial charge < -0.3 is 20.0 Å². The molecule has 1 amide bonds. The Kier molecular flexibility index (Phi) is 4.17. The van der Waals surface area contributed by atoms with Crippen molar-refractivity contribution in [3.05, 3.63) is 48.0 Å². The van der Waals surface area contributed by atoms with Crippen LogP contribution in [0.5, 0.6) is 0 Å². The topological polar surface area (TPSA) is 69.3 Å². The maximum Gasteiger partial charge on any atom is 0.231 e. The average Bonchev–Trinajstić information content (AvgIpc) is 3.41. The smallest absolute Gasteiger partial charge is 0.231 e. The largest absolute Gasteiger partial charge is 0.385 e. The van der Waals surface area contributed by atoms with E-state index in [-0.39, 0.29) is 18.2 Å². The fraction of sp³-hybridized carbons (Fsp3) is 0.364. The Balaban J connectivity index is 1.47. The minimum absolute atomic E-state index is 0.0115. The van der Waals surface area contributed by atoms with Crippen LogP contribution in [0.25, 0.3) is 21.8 Å². The number of hydrogen-bond acceptors (Lipinski definition) is 3. The first kappa shape index (κ1) is 18.2. The number of fused-ring (bicyclic) bond motifs is 3. The average molecular weight is 397 g/mol. The van der Waals surface area contributed by atoms with Gasteiger partial charge in [-0.2, -0.15) is 0 Å². The van der Waals surface area contributed by atoms with Gasteiger partial charge in [0, 0.05) is 34.4 Å². The van der Waals surface area contributed by atoms with Crippen molar-refractivity contribution in [3.8, 4) is 0 Å². The SMILES string of the molecule is N=C(C(O)Cn1c2ccc(F)cc2c2cc(F)ccc21)C1CCN(C2CC2)C1=O. The van der Waals surface area contributed by atoms with Crippen LogP contribution in [0.15, 0.2) is 36.4 Å². The molecule has 2 unspecified atom stereocenters.